The van der Waals surface area contributed by atoms with E-state index in [4.69, 9.17) is 0 Å². The molecule has 0 radical (unpaired) electrons. The maximum absolute atomic E-state index is 3.58. The lowest BCUT2D eigenvalue weighted by Gasteiger charge is -2.21. The van der Waals surface area contributed by atoms with Crippen molar-refractivity contribution in [3.63, 3.8) is 0 Å². The van der Waals surface area contributed by atoms with Crippen molar-refractivity contribution in [3.05, 3.63) is 0 Å². The van der Waals surface area contributed by atoms with Crippen LogP contribution in [0.1, 0.15) is 40.5 Å². The van der Waals surface area contributed by atoms with Gasteiger partial charge in [0.25, 0.3) is 0 Å². The molecule has 3 heteroatoms. The molecule has 1 atom stereocenters. The molecule has 1 nitrogen and oxygen atoms in total. The molecule has 15 heavy (non-hydrogen) atoms. The molecule has 0 aliphatic rings. The van der Waals surface area contributed by atoms with Crippen LogP contribution in [0.25, 0.3) is 0 Å². The number of nitrogens with one attached hydrogen (secondary N) is 1. The molecule has 0 saturated carbocycles. The average Bonchev–Trinajstić information content (AvgIpc) is 2.13. The largest absolute Gasteiger partial charge is 0.313 e. The molecule has 0 aliphatic carbocycles. The Morgan fingerprint density at radius 3 is 2.40 bits per heavy atom. The predicted molar refractivity (Wildman–Crippen MR) is 77.3 cm³/mol. The van der Waals surface area contributed by atoms with E-state index in [0.717, 1.165) is 0 Å². The monoisotopic (exact) mass is 249 g/mol. The third kappa shape index (κ3) is 12.6. The summed E-state index contributed by atoms with van der Waals surface area (Å²) in [6.45, 7) is 10.3. The third-order valence-corrected chi connectivity index (χ3v) is 4.26. The van der Waals surface area contributed by atoms with Gasteiger partial charge in [0.05, 0.1) is 0 Å². The van der Waals surface area contributed by atoms with E-state index in [1.807, 2.05) is 23.5 Å². The highest BCUT2D eigenvalue weighted by atomic mass is 32.2. The Hall–Kier alpha value is 0.660. The summed E-state index contributed by atoms with van der Waals surface area (Å²) in [7, 11) is 0. The van der Waals surface area contributed by atoms with E-state index in [0.29, 0.717) is 10.8 Å². The first-order chi connectivity index (χ1) is 6.95. The van der Waals surface area contributed by atoms with Gasteiger partial charge >= 0.3 is 0 Å². The second-order valence-electron chi connectivity index (χ2n) is 4.98. The van der Waals surface area contributed by atoms with Crippen LogP contribution in [0.2, 0.25) is 0 Å². The topological polar surface area (TPSA) is 12.0 Å². The van der Waals surface area contributed by atoms with E-state index in [-0.39, 0.29) is 0 Å². The van der Waals surface area contributed by atoms with Crippen molar-refractivity contribution < 1.29 is 0 Å². The molecule has 0 fully saturated rings. The SMILES string of the molecule is CSCCCCNC(C)CSC(C)(C)C. The molecule has 0 amide bonds. The van der Waals surface area contributed by atoms with E-state index >= 15 is 0 Å². The zero-order chi connectivity index (χ0) is 11.7. The van der Waals surface area contributed by atoms with Gasteiger partial charge in [0.1, 0.15) is 0 Å². The summed E-state index contributed by atoms with van der Waals surface area (Å²) in [6.07, 6.45) is 4.83. The Kier molecular flexibility index (Phi) is 9.16. The summed E-state index contributed by atoms with van der Waals surface area (Å²) in [5.41, 5.74) is 0. The third-order valence-electron chi connectivity index (χ3n) is 2.03. The van der Waals surface area contributed by atoms with Crippen molar-refractivity contribution in [3.8, 4) is 0 Å². The number of hydrogen-bond acceptors (Lipinski definition) is 3. The summed E-state index contributed by atoms with van der Waals surface area (Å²) >= 11 is 3.99. The number of rotatable bonds is 8. The normalized spacial score (nSPS) is 14.2. The second kappa shape index (κ2) is 8.77. The number of thioether (sulfide) groups is 2. The molecule has 0 heterocycles. The molecule has 0 aromatic heterocycles. The van der Waals surface area contributed by atoms with Gasteiger partial charge in [-0.1, -0.05) is 20.8 Å². The highest BCUT2D eigenvalue weighted by Gasteiger charge is 2.12. The molecule has 0 saturated heterocycles. The Morgan fingerprint density at radius 2 is 1.87 bits per heavy atom. The van der Waals surface area contributed by atoms with Crippen molar-refractivity contribution in [1.29, 1.82) is 0 Å². The van der Waals surface area contributed by atoms with Crippen LogP contribution in [0.5, 0.6) is 0 Å². The maximum Gasteiger partial charge on any atom is 0.0130 e. The van der Waals surface area contributed by atoms with Gasteiger partial charge in [0.2, 0.25) is 0 Å². The van der Waals surface area contributed by atoms with Crippen molar-refractivity contribution in [2.24, 2.45) is 0 Å². The van der Waals surface area contributed by atoms with Crippen LogP contribution < -0.4 is 5.32 Å². The lowest BCUT2D eigenvalue weighted by Crippen LogP contribution is -2.30. The van der Waals surface area contributed by atoms with Gasteiger partial charge in [-0.05, 0) is 38.3 Å². The molecule has 92 valence electrons. The Morgan fingerprint density at radius 1 is 1.20 bits per heavy atom. The van der Waals surface area contributed by atoms with Crippen LogP contribution in [0.3, 0.4) is 0 Å². The van der Waals surface area contributed by atoms with Gasteiger partial charge in [0.15, 0.2) is 0 Å². The highest BCUT2D eigenvalue weighted by molar-refractivity contribution is 8.00. The lowest BCUT2D eigenvalue weighted by atomic mass is 10.3. The highest BCUT2D eigenvalue weighted by Crippen LogP contribution is 2.23. The van der Waals surface area contributed by atoms with Crippen LogP contribution in [0, 0.1) is 0 Å². The van der Waals surface area contributed by atoms with Crippen LogP contribution in [0.15, 0.2) is 0 Å². The zero-order valence-electron chi connectivity index (χ0n) is 10.9. The smallest absolute Gasteiger partial charge is 0.0130 e. The van der Waals surface area contributed by atoms with Crippen molar-refractivity contribution in [2.75, 3.05) is 24.3 Å². The fourth-order valence-electron chi connectivity index (χ4n) is 1.15. The minimum absolute atomic E-state index is 0.398. The molecular weight excluding hydrogens is 222 g/mol. The summed E-state index contributed by atoms with van der Waals surface area (Å²) in [6, 6.07) is 0.642. The number of unbranched alkanes of at least 4 members (excludes halogenated alkanes) is 1. The molecule has 0 aromatic carbocycles. The molecule has 0 aliphatic heterocycles. The molecule has 0 bridgehead atoms. The maximum atomic E-state index is 3.58. The first-order valence-corrected chi connectivity index (χ1v) is 8.20. The molecule has 0 rings (SSSR count). The zero-order valence-corrected chi connectivity index (χ0v) is 12.6. The standard InChI is InChI=1S/C12H27NS2/c1-11(10-15-12(2,3)4)13-8-6-7-9-14-5/h11,13H,6-10H2,1-5H3. The Balaban J connectivity index is 3.30. The Labute approximate surface area is 105 Å². The van der Waals surface area contributed by atoms with Crippen molar-refractivity contribution in [2.45, 2.75) is 51.3 Å². The van der Waals surface area contributed by atoms with E-state index in [1.165, 1.54) is 30.9 Å². The van der Waals surface area contributed by atoms with Crippen LogP contribution in [-0.4, -0.2) is 35.1 Å². The van der Waals surface area contributed by atoms with Gasteiger partial charge in [-0.25, -0.2) is 0 Å². The van der Waals surface area contributed by atoms with E-state index in [2.05, 4.69) is 39.3 Å². The first kappa shape index (κ1) is 15.7. The quantitative estimate of drug-likeness (QED) is 0.660. The van der Waals surface area contributed by atoms with Gasteiger partial charge < -0.3 is 5.32 Å². The van der Waals surface area contributed by atoms with Crippen LogP contribution in [0.4, 0.5) is 0 Å². The molecule has 1 unspecified atom stereocenters. The lowest BCUT2D eigenvalue weighted by molar-refractivity contribution is 0.571. The van der Waals surface area contributed by atoms with Crippen LogP contribution in [-0.2, 0) is 0 Å². The summed E-state index contributed by atoms with van der Waals surface area (Å²) < 4.78 is 0.398. The summed E-state index contributed by atoms with van der Waals surface area (Å²) in [5.74, 6) is 2.51. The Bertz CT molecular complexity index is 143. The van der Waals surface area contributed by atoms with E-state index in [1.54, 1.807) is 0 Å². The van der Waals surface area contributed by atoms with Gasteiger partial charge in [0, 0.05) is 16.5 Å². The fraction of sp³-hybridized carbons (Fsp3) is 1.00. The molecular formula is C12H27NS2. The second-order valence-corrected chi connectivity index (χ2v) is 7.81. The fourth-order valence-corrected chi connectivity index (χ4v) is 2.51. The van der Waals surface area contributed by atoms with Crippen molar-refractivity contribution >= 4 is 23.5 Å². The van der Waals surface area contributed by atoms with Gasteiger partial charge in [-0.2, -0.15) is 23.5 Å². The summed E-state index contributed by atoms with van der Waals surface area (Å²) in [4.78, 5) is 0. The summed E-state index contributed by atoms with van der Waals surface area (Å²) in [5, 5.41) is 3.58. The predicted octanol–water partition coefficient (Wildman–Crippen LogP) is 3.64. The van der Waals surface area contributed by atoms with E-state index < -0.39 is 0 Å². The van der Waals surface area contributed by atoms with E-state index in [9.17, 15) is 0 Å². The average molecular weight is 249 g/mol. The molecule has 0 aromatic rings. The number of hydrogen-bond donors (Lipinski definition) is 1. The molecule has 1 N–H and O–H groups in total. The van der Waals surface area contributed by atoms with Crippen LogP contribution >= 0.6 is 23.5 Å². The molecule has 0 spiro atoms. The first-order valence-electron chi connectivity index (χ1n) is 5.82. The minimum atomic E-state index is 0.398. The van der Waals surface area contributed by atoms with Crippen molar-refractivity contribution in [1.82, 2.24) is 5.32 Å². The van der Waals surface area contributed by atoms with Gasteiger partial charge in [-0.15, -0.1) is 0 Å². The minimum Gasteiger partial charge on any atom is -0.313 e. The van der Waals surface area contributed by atoms with Gasteiger partial charge in [-0.3, -0.25) is 0 Å².